The van der Waals surface area contributed by atoms with Gasteiger partial charge in [0.25, 0.3) is 0 Å². The zero-order valence-corrected chi connectivity index (χ0v) is 11.3. The average molecular weight is 268 g/mol. The van der Waals surface area contributed by atoms with Crippen molar-refractivity contribution in [3.8, 4) is 0 Å². The Morgan fingerprint density at radius 1 is 1.25 bits per heavy atom. The molecule has 4 heteroatoms. The molecule has 0 radical (unpaired) electrons. The minimum Gasteiger partial charge on any atom is -0.465 e. The molecule has 0 atom stereocenters. The van der Waals surface area contributed by atoms with Gasteiger partial charge in [0.05, 0.1) is 6.26 Å². The van der Waals surface area contributed by atoms with E-state index in [1.165, 1.54) is 5.56 Å². The Morgan fingerprint density at radius 2 is 2.20 bits per heavy atom. The van der Waals surface area contributed by atoms with Gasteiger partial charge in [-0.3, -0.25) is 0 Å². The highest BCUT2D eigenvalue weighted by Crippen LogP contribution is 2.19. The van der Waals surface area contributed by atoms with Gasteiger partial charge in [0.1, 0.15) is 11.3 Å². The van der Waals surface area contributed by atoms with Crippen molar-refractivity contribution in [1.29, 1.82) is 0 Å². The third kappa shape index (κ3) is 2.81. The molecule has 0 saturated carbocycles. The van der Waals surface area contributed by atoms with Crippen molar-refractivity contribution in [3.63, 3.8) is 0 Å². The number of hydrogen-bond donors (Lipinski definition) is 1. The quantitative estimate of drug-likeness (QED) is 0.766. The maximum atomic E-state index is 5.72. The molecule has 102 valence electrons. The first-order valence-corrected chi connectivity index (χ1v) is 6.67. The van der Waals surface area contributed by atoms with Gasteiger partial charge in [-0.1, -0.05) is 13.0 Å². The number of rotatable bonds is 5. The Morgan fingerprint density at radius 3 is 3.00 bits per heavy atom. The largest absolute Gasteiger partial charge is 0.465 e. The van der Waals surface area contributed by atoms with Crippen LogP contribution in [0.3, 0.4) is 0 Å². The molecule has 0 unspecified atom stereocenters. The van der Waals surface area contributed by atoms with Crippen molar-refractivity contribution in [2.75, 3.05) is 6.54 Å². The molecule has 3 rings (SSSR count). The van der Waals surface area contributed by atoms with Crippen LogP contribution < -0.4 is 5.32 Å². The van der Waals surface area contributed by atoms with Crippen molar-refractivity contribution in [2.24, 2.45) is 0 Å². The van der Waals surface area contributed by atoms with Crippen molar-refractivity contribution in [2.45, 2.75) is 13.5 Å². The highest BCUT2D eigenvalue weighted by molar-refractivity contribution is 5.76. The summed E-state index contributed by atoms with van der Waals surface area (Å²) in [5, 5.41) is 3.29. The molecule has 4 nitrogen and oxygen atoms in total. The van der Waals surface area contributed by atoms with Gasteiger partial charge in [-0.2, -0.15) is 0 Å². The lowest BCUT2D eigenvalue weighted by molar-refractivity contribution is 0.556. The number of hydrogen-bond acceptors (Lipinski definition) is 4. The summed E-state index contributed by atoms with van der Waals surface area (Å²) < 4.78 is 10.9. The van der Waals surface area contributed by atoms with Crippen molar-refractivity contribution < 1.29 is 8.83 Å². The molecule has 0 aliphatic heterocycles. The van der Waals surface area contributed by atoms with Gasteiger partial charge in [-0.25, -0.2) is 4.98 Å². The molecule has 0 amide bonds. The van der Waals surface area contributed by atoms with Gasteiger partial charge in [0.15, 0.2) is 5.58 Å². The number of furan rings is 1. The number of benzene rings is 1. The van der Waals surface area contributed by atoms with Crippen LogP contribution in [-0.2, 0) is 6.54 Å². The summed E-state index contributed by atoms with van der Waals surface area (Å²) in [6, 6.07) is 9.80. The molecular formula is C16H16N2O2. The Balaban J connectivity index is 1.83. The second kappa shape index (κ2) is 5.75. The Labute approximate surface area is 117 Å². The van der Waals surface area contributed by atoms with E-state index >= 15 is 0 Å². The first-order chi connectivity index (χ1) is 9.85. The topological polar surface area (TPSA) is 51.2 Å². The summed E-state index contributed by atoms with van der Waals surface area (Å²) in [6.45, 7) is 3.88. The highest BCUT2D eigenvalue weighted by atomic mass is 16.3. The third-order valence-corrected chi connectivity index (χ3v) is 2.98. The van der Waals surface area contributed by atoms with Crippen LogP contribution in [0.25, 0.3) is 23.3 Å². The van der Waals surface area contributed by atoms with Gasteiger partial charge in [-0.05, 0) is 42.4 Å². The fourth-order valence-corrected chi connectivity index (χ4v) is 1.98. The molecule has 2 aromatic heterocycles. The SMILES string of the molecule is CCNCc1ccc2nc(/C=C\c3ccco3)oc2c1. The van der Waals surface area contributed by atoms with E-state index in [9.17, 15) is 0 Å². The molecule has 0 saturated heterocycles. The number of nitrogens with one attached hydrogen (secondary N) is 1. The van der Waals surface area contributed by atoms with Gasteiger partial charge < -0.3 is 14.2 Å². The van der Waals surface area contributed by atoms with Gasteiger partial charge >= 0.3 is 0 Å². The summed E-state index contributed by atoms with van der Waals surface area (Å²) in [4.78, 5) is 4.42. The molecule has 1 aromatic carbocycles. The van der Waals surface area contributed by atoms with Crippen molar-refractivity contribution in [3.05, 3.63) is 53.8 Å². The summed E-state index contributed by atoms with van der Waals surface area (Å²) in [7, 11) is 0. The van der Waals surface area contributed by atoms with E-state index in [4.69, 9.17) is 8.83 Å². The molecule has 0 aliphatic rings. The fourth-order valence-electron chi connectivity index (χ4n) is 1.98. The van der Waals surface area contributed by atoms with Crippen LogP contribution in [0.1, 0.15) is 24.1 Å². The van der Waals surface area contributed by atoms with Gasteiger partial charge in [0, 0.05) is 12.6 Å². The lowest BCUT2D eigenvalue weighted by Gasteiger charge is -2.00. The molecule has 2 heterocycles. The first kappa shape index (κ1) is 12.7. The van der Waals surface area contributed by atoms with Crippen molar-refractivity contribution in [1.82, 2.24) is 10.3 Å². The van der Waals surface area contributed by atoms with Crippen LogP contribution in [0, 0.1) is 0 Å². The van der Waals surface area contributed by atoms with Crippen LogP contribution in [-0.4, -0.2) is 11.5 Å². The van der Waals surface area contributed by atoms with E-state index in [2.05, 4.69) is 23.3 Å². The van der Waals surface area contributed by atoms with E-state index in [0.717, 1.165) is 29.9 Å². The average Bonchev–Trinajstić information content (AvgIpc) is 3.11. The second-order valence-electron chi connectivity index (χ2n) is 4.48. The van der Waals surface area contributed by atoms with E-state index in [1.807, 2.05) is 36.4 Å². The monoisotopic (exact) mass is 268 g/mol. The van der Waals surface area contributed by atoms with E-state index in [0.29, 0.717) is 5.89 Å². The predicted molar refractivity (Wildman–Crippen MR) is 79.0 cm³/mol. The molecule has 0 bridgehead atoms. The molecular weight excluding hydrogens is 252 g/mol. The summed E-state index contributed by atoms with van der Waals surface area (Å²) in [5.41, 5.74) is 2.86. The zero-order chi connectivity index (χ0) is 13.8. The van der Waals surface area contributed by atoms with Gasteiger partial charge in [0.2, 0.25) is 5.89 Å². The maximum Gasteiger partial charge on any atom is 0.220 e. The van der Waals surface area contributed by atoms with Crippen LogP contribution in [0.15, 0.2) is 45.4 Å². The van der Waals surface area contributed by atoms with Crippen LogP contribution in [0.2, 0.25) is 0 Å². The normalized spacial score (nSPS) is 11.7. The Kier molecular flexibility index (Phi) is 3.65. The third-order valence-electron chi connectivity index (χ3n) is 2.98. The molecule has 0 spiro atoms. The highest BCUT2D eigenvalue weighted by Gasteiger charge is 2.04. The standard InChI is InChI=1S/C16H16N2O2/c1-2-17-11-12-5-7-14-15(10-12)20-16(18-14)8-6-13-4-3-9-19-13/h3-10,17H,2,11H2,1H3/b8-6-. The molecule has 0 fully saturated rings. The van der Waals surface area contributed by atoms with E-state index < -0.39 is 0 Å². The maximum absolute atomic E-state index is 5.72. The summed E-state index contributed by atoms with van der Waals surface area (Å²) in [5.74, 6) is 1.36. The Hall–Kier alpha value is -2.33. The minimum absolute atomic E-state index is 0.581. The lowest BCUT2D eigenvalue weighted by Crippen LogP contribution is -2.11. The van der Waals surface area contributed by atoms with Crippen molar-refractivity contribution >= 4 is 23.3 Å². The summed E-state index contributed by atoms with van der Waals surface area (Å²) in [6.07, 6.45) is 5.28. The van der Waals surface area contributed by atoms with Gasteiger partial charge in [-0.15, -0.1) is 0 Å². The Bertz CT molecular complexity index is 711. The van der Waals surface area contributed by atoms with Crippen LogP contribution in [0.5, 0.6) is 0 Å². The lowest BCUT2D eigenvalue weighted by atomic mass is 10.2. The fraction of sp³-hybridized carbons (Fsp3) is 0.188. The van der Waals surface area contributed by atoms with E-state index in [-0.39, 0.29) is 0 Å². The number of oxazole rings is 1. The molecule has 0 aliphatic carbocycles. The predicted octanol–water partition coefficient (Wildman–Crippen LogP) is 3.70. The minimum atomic E-state index is 0.581. The number of nitrogens with zero attached hydrogens (tertiary/aromatic N) is 1. The van der Waals surface area contributed by atoms with Crippen LogP contribution >= 0.6 is 0 Å². The smallest absolute Gasteiger partial charge is 0.220 e. The zero-order valence-electron chi connectivity index (χ0n) is 11.3. The first-order valence-electron chi connectivity index (χ1n) is 6.67. The number of aromatic nitrogens is 1. The molecule has 20 heavy (non-hydrogen) atoms. The second-order valence-corrected chi connectivity index (χ2v) is 4.48. The van der Waals surface area contributed by atoms with Crippen LogP contribution in [0.4, 0.5) is 0 Å². The number of fused-ring (bicyclic) bond motifs is 1. The van der Waals surface area contributed by atoms with E-state index in [1.54, 1.807) is 6.26 Å². The molecule has 1 N–H and O–H groups in total. The summed E-state index contributed by atoms with van der Waals surface area (Å²) >= 11 is 0. The molecule has 3 aromatic rings.